The van der Waals surface area contributed by atoms with Crippen molar-refractivity contribution in [3.8, 4) is 0 Å². The normalized spacial score (nSPS) is 32.0. The Labute approximate surface area is 81.6 Å². The number of fused-ring (bicyclic) bond motifs is 1. The zero-order chi connectivity index (χ0) is 10.5. The molecular weight excluding hydrogens is 182 g/mol. The molecule has 14 heavy (non-hydrogen) atoms. The lowest BCUT2D eigenvalue weighted by Gasteiger charge is -2.27. The van der Waals surface area contributed by atoms with E-state index in [-0.39, 0.29) is 12.2 Å². The highest BCUT2D eigenvalue weighted by atomic mass is 16.2. The molecule has 4 heteroatoms. The third-order valence-corrected chi connectivity index (χ3v) is 3.00. The number of likely N-dealkylation sites (N-methyl/N-ethyl adjacent to an activating group) is 1. The number of ketones is 2. The molecular formula is C10H11NO3. The summed E-state index contributed by atoms with van der Waals surface area (Å²) in [6.45, 7) is 1.67. The van der Waals surface area contributed by atoms with E-state index in [9.17, 15) is 14.4 Å². The van der Waals surface area contributed by atoms with Crippen LogP contribution in [0.25, 0.3) is 0 Å². The number of amides is 1. The second-order valence-corrected chi connectivity index (χ2v) is 4.03. The molecule has 0 bridgehead atoms. The van der Waals surface area contributed by atoms with Crippen LogP contribution >= 0.6 is 0 Å². The zero-order valence-electron chi connectivity index (χ0n) is 8.16. The van der Waals surface area contributed by atoms with E-state index >= 15 is 0 Å². The highest BCUT2D eigenvalue weighted by Crippen LogP contribution is 2.43. The molecule has 1 aliphatic heterocycles. The highest BCUT2D eigenvalue weighted by Gasteiger charge is 2.53. The van der Waals surface area contributed by atoms with Gasteiger partial charge in [-0.2, -0.15) is 0 Å². The lowest BCUT2D eigenvalue weighted by molar-refractivity contribution is -0.142. The minimum Gasteiger partial charge on any atom is -0.312 e. The number of likely N-dealkylation sites (tertiary alicyclic amines) is 1. The summed E-state index contributed by atoms with van der Waals surface area (Å²) in [6, 6.07) is 0. The molecule has 74 valence electrons. The van der Waals surface area contributed by atoms with E-state index in [1.807, 2.05) is 0 Å². The first kappa shape index (κ1) is 9.12. The van der Waals surface area contributed by atoms with Gasteiger partial charge in [-0.1, -0.05) is 6.08 Å². The van der Waals surface area contributed by atoms with Crippen LogP contribution in [0.1, 0.15) is 19.8 Å². The lowest BCUT2D eigenvalue weighted by Crippen LogP contribution is -2.31. The third kappa shape index (κ3) is 0.908. The van der Waals surface area contributed by atoms with Gasteiger partial charge in [0.1, 0.15) is 5.78 Å². The fraction of sp³-hybridized carbons (Fsp3) is 0.500. The summed E-state index contributed by atoms with van der Waals surface area (Å²) >= 11 is 0. The van der Waals surface area contributed by atoms with E-state index in [4.69, 9.17) is 0 Å². The van der Waals surface area contributed by atoms with Crippen LogP contribution in [-0.2, 0) is 14.4 Å². The summed E-state index contributed by atoms with van der Waals surface area (Å²) < 4.78 is 0. The van der Waals surface area contributed by atoms with Gasteiger partial charge in [0.25, 0.3) is 5.91 Å². The van der Waals surface area contributed by atoms with E-state index in [2.05, 4.69) is 0 Å². The molecule has 0 spiro atoms. The molecule has 2 aliphatic rings. The van der Waals surface area contributed by atoms with Crippen molar-refractivity contribution < 1.29 is 14.4 Å². The smallest absolute Gasteiger partial charge is 0.294 e. The number of allylic oxidation sites excluding steroid dienone is 2. The Morgan fingerprint density at radius 1 is 1.36 bits per heavy atom. The maximum atomic E-state index is 11.6. The molecule has 1 fully saturated rings. The average molecular weight is 193 g/mol. The number of Topliss-reactive ketones (excluding diaryl/α,β-unsaturated/α-hetero) is 2. The van der Waals surface area contributed by atoms with Crippen molar-refractivity contribution in [3.05, 3.63) is 11.8 Å². The fourth-order valence-corrected chi connectivity index (χ4v) is 2.19. The van der Waals surface area contributed by atoms with Crippen LogP contribution in [0.3, 0.4) is 0 Å². The van der Waals surface area contributed by atoms with Gasteiger partial charge in [0.15, 0.2) is 0 Å². The number of carbonyl (C=O) groups excluding carboxylic acids is 3. The molecule has 1 atom stereocenters. The molecule has 0 saturated carbocycles. The highest BCUT2D eigenvalue weighted by molar-refractivity contribution is 6.42. The van der Waals surface area contributed by atoms with Crippen LogP contribution in [0.5, 0.6) is 0 Å². The second-order valence-electron chi connectivity index (χ2n) is 4.03. The van der Waals surface area contributed by atoms with E-state index < -0.39 is 17.1 Å². The number of hydrogen-bond donors (Lipinski definition) is 0. The summed E-state index contributed by atoms with van der Waals surface area (Å²) in [7, 11) is 1.58. The standard InChI is InChI=1S/C10H11NO3/c1-10-5-6(12)3-4-7(10)11(2)9(14)8(10)13/h4H,3,5H2,1-2H3/t10-/m0/s1. The lowest BCUT2D eigenvalue weighted by atomic mass is 9.76. The van der Waals surface area contributed by atoms with Gasteiger partial charge in [-0.05, 0) is 6.92 Å². The Kier molecular flexibility index (Phi) is 1.65. The van der Waals surface area contributed by atoms with Crippen LogP contribution in [0.15, 0.2) is 11.8 Å². The van der Waals surface area contributed by atoms with Crippen LogP contribution in [-0.4, -0.2) is 29.4 Å². The quantitative estimate of drug-likeness (QED) is 0.519. The molecule has 2 rings (SSSR count). The number of rotatable bonds is 0. The third-order valence-electron chi connectivity index (χ3n) is 3.00. The van der Waals surface area contributed by atoms with Gasteiger partial charge < -0.3 is 4.90 Å². The molecule has 0 radical (unpaired) electrons. The van der Waals surface area contributed by atoms with Crippen molar-refractivity contribution in [1.29, 1.82) is 0 Å². The van der Waals surface area contributed by atoms with Crippen LogP contribution in [0, 0.1) is 5.41 Å². The molecule has 1 saturated heterocycles. The Bertz CT molecular complexity index is 383. The average Bonchev–Trinajstić information content (AvgIpc) is 2.28. The Morgan fingerprint density at radius 3 is 2.64 bits per heavy atom. The van der Waals surface area contributed by atoms with E-state index in [0.717, 1.165) is 0 Å². The minimum absolute atomic E-state index is 0.0210. The van der Waals surface area contributed by atoms with Crippen LogP contribution in [0.2, 0.25) is 0 Å². The molecule has 1 amide bonds. The van der Waals surface area contributed by atoms with Crippen molar-refractivity contribution in [2.24, 2.45) is 5.41 Å². The Balaban J connectivity index is 2.55. The van der Waals surface area contributed by atoms with Gasteiger partial charge in [0.2, 0.25) is 5.78 Å². The van der Waals surface area contributed by atoms with Gasteiger partial charge in [0.05, 0.1) is 5.41 Å². The number of nitrogens with zero attached hydrogens (tertiary/aromatic N) is 1. The molecule has 1 aliphatic carbocycles. The molecule has 0 aromatic carbocycles. The minimum atomic E-state index is -0.888. The fourth-order valence-electron chi connectivity index (χ4n) is 2.19. The van der Waals surface area contributed by atoms with Gasteiger partial charge in [-0.3, -0.25) is 14.4 Å². The van der Waals surface area contributed by atoms with Gasteiger partial charge in [-0.25, -0.2) is 0 Å². The first-order valence-corrected chi connectivity index (χ1v) is 4.51. The summed E-state index contributed by atoms with van der Waals surface area (Å²) in [6.07, 6.45) is 2.18. The summed E-state index contributed by atoms with van der Waals surface area (Å²) in [4.78, 5) is 35.6. The van der Waals surface area contributed by atoms with Crippen LogP contribution < -0.4 is 0 Å². The van der Waals surface area contributed by atoms with Crippen molar-refractivity contribution in [2.75, 3.05) is 7.05 Å². The SMILES string of the molecule is CN1C(=O)C(=O)[C@@]2(C)CC(=O)CC=C12. The molecule has 1 heterocycles. The Morgan fingerprint density at radius 2 is 2.00 bits per heavy atom. The largest absolute Gasteiger partial charge is 0.312 e. The van der Waals surface area contributed by atoms with Gasteiger partial charge >= 0.3 is 0 Å². The van der Waals surface area contributed by atoms with Crippen molar-refractivity contribution >= 4 is 17.5 Å². The molecule has 0 aromatic heterocycles. The first-order valence-electron chi connectivity index (χ1n) is 4.51. The van der Waals surface area contributed by atoms with Crippen molar-refractivity contribution in [1.82, 2.24) is 4.90 Å². The molecule has 0 aromatic rings. The maximum absolute atomic E-state index is 11.6. The van der Waals surface area contributed by atoms with E-state index in [0.29, 0.717) is 12.1 Å². The van der Waals surface area contributed by atoms with E-state index in [1.54, 1.807) is 20.0 Å². The molecule has 0 N–H and O–H groups in total. The monoisotopic (exact) mass is 193 g/mol. The molecule has 4 nitrogen and oxygen atoms in total. The predicted molar refractivity (Wildman–Crippen MR) is 48.2 cm³/mol. The van der Waals surface area contributed by atoms with Gasteiger partial charge in [-0.15, -0.1) is 0 Å². The number of carbonyl (C=O) groups is 3. The maximum Gasteiger partial charge on any atom is 0.294 e. The number of hydrogen-bond acceptors (Lipinski definition) is 3. The Hall–Kier alpha value is -1.45. The van der Waals surface area contributed by atoms with E-state index in [1.165, 1.54) is 4.90 Å². The zero-order valence-corrected chi connectivity index (χ0v) is 8.16. The first-order chi connectivity index (χ1) is 6.47. The summed E-state index contributed by atoms with van der Waals surface area (Å²) in [5, 5.41) is 0. The predicted octanol–water partition coefficient (Wildman–Crippen LogP) is 0.281. The summed E-state index contributed by atoms with van der Waals surface area (Å²) in [5.41, 5.74) is -0.201. The van der Waals surface area contributed by atoms with Crippen molar-refractivity contribution in [2.45, 2.75) is 19.8 Å². The van der Waals surface area contributed by atoms with Crippen molar-refractivity contribution in [3.63, 3.8) is 0 Å². The molecule has 0 unspecified atom stereocenters. The second kappa shape index (κ2) is 2.53. The topological polar surface area (TPSA) is 54.5 Å². The summed E-state index contributed by atoms with van der Waals surface area (Å²) in [5.74, 6) is -0.944. The van der Waals surface area contributed by atoms with Gasteiger partial charge in [0, 0.05) is 25.6 Å². The van der Waals surface area contributed by atoms with Crippen LogP contribution in [0.4, 0.5) is 0 Å².